The van der Waals surface area contributed by atoms with Gasteiger partial charge in [0, 0.05) is 23.8 Å². The lowest BCUT2D eigenvalue weighted by Gasteiger charge is -2.29. The van der Waals surface area contributed by atoms with Gasteiger partial charge < -0.3 is 4.79 Å². The third kappa shape index (κ3) is 2.66. The number of carbonyl (C=O) groups excluding carboxylic acids is 2. The first-order valence-electron chi connectivity index (χ1n) is 7.42. The number of aryl methyl sites for hydroxylation is 1. The molecule has 0 saturated carbocycles. The van der Waals surface area contributed by atoms with Gasteiger partial charge in [-0.05, 0) is 24.0 Å². The van der Waals surface area contributed by atoms with Crippen molar-refractivity contribution in [1.29, 1.82) is 0 Å². The van der Waals surface area contributed by atoms with Crippen LogP contribution < -0.4 is 0 Å². The molecule has 21 heavy (non-hydrogen) atoms. The number of hydrogen-bond acceptors (Lipinski definition) is 2. The molecule has 2 aromatic carbocycles. The van der Waals surface area contributed by atoms with Gasteiger partial charge in [-0.15, -0.1) is 0 Å². The molecular formula is C19H18O2. The van der Waals surface area contributed by atoms with E-state index in [2.05, 4.69) is 0 Å². The summed E-state index contributed by atoms with van der Waals surface area (Å²) in [6, 6.07) is 17.8. The number of hydrogen-bond donors (Lipinski definition) is 0. The van der Waals surface area contributed by atoms with Crippen molar-refractivity contribution in [2.45, 2.75) is 25.2 Å². The number of fused-ring (bicyclic) bond motifs is 1. The number of benzene rings is 2. The molecule has 0 N–H and O–H groups in total. The minimum atomic E-state index is -0.0903. The fourth-order valence-electron chi connectivity index (χ4n) is 3.34. The molecule has 2 heteroatoms. The molecule has 0 fully saturated rings. The number of Topliss-reactive ketones (excluding diaryl/α,β-unsaturated/α-hetero) is 1. The topological polar surface area (TPSA) is 34.1 Å². The van der Waals surface area contributed by atoms with E-state index in [9.17, 15) is 9.59 Å². The predicted octanol–water partition coefficient (Wildman–Crippen LogP) is 3.80. The van der Waals surface area contributed by atoms with Crippen LogP contribution in [0.15, 0.2) is 54.6 Å². The van der Waals surface area contributed by atoms with Gasteiger partial charge in [0.2, 0.25) is 0 Å². The van der Waals surface area contributed by atoms with Crippen LogP contribution in [-0.4, -0.2) is 12.1 Å². The first kappa shape index (κ1) is 13.7. The van der Waals surface area contributed by atoms with E-state index in [0.29, 0.717) is 6.42 Å². The summed E-state index contributed by atoms with van der Waals surface area (Å²) in [5.74, 6) is 0.0876. The van der Waals surface area contributed by atoms with Gasteiger partial charge >= 0.3 is 0 Å². The van der Waals surface area contributed by atoms with Crippen LogP contribution >= 0.6 is 0 Å². The van der Waals surface area contributed by atoms with Crippen molar-refractivity contribution in [3.63, 3.8) is 0 Å². The molecule has 0 bridgehead atoms. The minimum absolute atomic E-state index is 0.00967. The Bertz CT molecular complexity index is 646. The smallest absolute Gasteiger partial charge is 0.166 e. The molecule has 0 heterocycles. The molecule has 1 aliphatic carbocycles. The van der Waals surface area contributed by atoms with Gasteiger partial charge in [-0.3, -0.25) is 4.79 Å². The maximum absolute atomic E-state index is 12.8. The molecule has 2 aromatic rings. The summed E-state index contributed by atoms with van der Waals surface area (Å²) >= 11 is 0. The molecular weight excluding hydrogens is 260 g/mol. The first-order valence-corrected chi connectivity index (χ1v) is 7.42. The van der Waals surface area contributed by atoms with Gasteiger partial charge in [-0.2, -0.15) is 0 Å². The Kier molecular flexibility index (Phi) is 3.96. The van der Waals surface area contributed by atoms with Crippen LogP contribution in [0.25, 0.3) is 0 Å². The van der Waals surface area contributed by atoms with Crippen molar-refractivity contribution >= 4 is 12.1 Å². The summed E-state index contributed by atoms with van der Waals surface area (Å²) in [7, 11) is 0. The fourth-order valence-corrected chi connectivity index (χ4v) is 3.34. The van der Waals surface area contributed by atoms with Gasteiger partial charge in [0.1, 0.15) is 6.29 Å². The molecule has 0 amide bonds. The van der Waals surface area contributed by atoms with Crippen molar-refractivity contribution in [2.75, 3.05) is 0 Å². The van der Waals surface area contributed by atoms with E-state index in [1.54, 1.807) is 0 Å². The van der Waals surface area contributed by atoms with Crippen LogP contribution in [0.1, 0.15) is 40.2 Å². The van der Waals surface area contributed by atoms with E-state index in [1.165, 1.54) is 0 Å². The zero-order valence-corrected chi connectivity index (χ0v) is 11.9. The Hall–Kier alpha value is -2.22. The van der Waals surface area contributed by atoms with E-state index in [-0.39, 0.29) is 17.6 Å². The second-order valence-corrected chi connectivity index (χ2v) is 5.59. The third-order valence-electron chi connectivity index (χ3n) is 4.41. The highest BCUT2D eigenvalue weighted by atomic mass is 16.1. The Morgan fingerprint density at radius 2 is 1.76 bits per heavy atom. The maximum Gasteiger partial charge on any atom is 0.166 e. The van der Waals surface area contributed by atoms with Gasteiger partial charge in [0.15, 0.2) is 5.78 Å². The van der Waals surface area contributed by atoms with Gasteiger partial charge in [-0.1, -0.05) is 54.6 Å². The Balaban J connectivity index is 1.95. The Morgan fingerprint density at radius 1 is 1.05 bits per heavy atom. The normalized spacial score (nSPS) is 18.9. The lowest BCUT2D eigenvalue weighted by molar-refractivity contribution is -0.108. The molecule has 0 spiro atoms. The van der Waals surface area contributed by atoms with Gasteiger partial charge in [0.05, 0.1) is 0 Å². The molecule has 0 aromatic heterocycles. The molecule has 1 unspecified atom stereocenters. The van der Waals surface area contributed by atoms with Crippen molar-refractivity contribution in [3.8, 4) is 0 Å². The second-order valence-electron chi connectivity index (χ2n) is 5.59. The van der Waals surface area contributed by atoms with Crippen molar-refractivity contribution in [3.05, 3.63) is 71.3 Å². The summed E-state index contributed by atoms with van der Waals surface area (Å²) < 4.78 is 0. The Labute approximate surface area is 124 Å². The van der Waals surface area contributed by atoms with Crippen LogP contribution in [-0.2, 0) is 11.2 Å². The lowest BCUT2D eigenvalue weighted by Crippen LogP contribution is -2.28. The summed E-state index contributed by atoms with van der Waals surface area (Å²) in [6.45, 7) is 0. The average molecular weight is 278 g/mol. The highest BCUT2D eigenvalue weighted by molar-refractivity contribution is 6.00. The van der Waals surface area contributed by atoms with E-state index in [4.69, 9.17) is 0 Å². The number of ketones is 1. The molecule has 0 aliphatic heterocycles. The highest BCUT2D eigenvalue weighted by Gasteiger charge is 2.33. The van der Waals surface area contributed by atoms with Gasteiger partial charge in [-0.25, -0.2) is 0 Å². The lowest BCUT2D eigenvalue weighted by atomic mass is 9.72. The van der Waals surface area contributed by atoms with Crippen LogP contribution in [0.4, 0.5) is 0 Å². The summed E-state index contributed by atoms with van der Waals surface area (Å²) in [5.41, 5.74) is 3.06. The molecule has 1 aliphatic rings. The van der Waals surface area contributed by atoms with E-state index in [1.807, 2.05) is 54.6 Å². The quantitative estimate of drug-likeness (QED) is 0.797. The van der Waals surface area contributed by atoms with E-state index in [0.717, 1.165) is 35.8 Å². The van der Waals surface area contributed by atoms with Crippen molar-refractivity contribution < 1.29 is 9.59 Å². The van der Waals surface area contributed by atoms with Crippen molar-refractivity contribution in [2.24, 2.45) is 5.92 Å². The van der Waals surface area contributed by atoms with Crippen LogP contribution in [0.2, 0.25) is 0 Å². The fraction of sp³-hybridized carbons (Fsp3) is 0.263. The summed E-state index contributed by atoms with van der Waals surface area (Å²) in [6.07, 6.45) is 3.08. The number of rotatable bonds is 4. The SMILES string of the molecule is O=CCC(c1ccccc1)[C@H]1CCc2ccccc2C1=O. The van der Waals surface area contributed by atoms with Gasteiger partial charge in [0.25, 0.3) is 0 Å². The average Bonchev–Trinajstić information content (AvgIpc) is 2.55. The standard InChI is InChI=1S/C19H18O2/c20-13-12-16(14-6-2-1-3-7-14)18-11-10-15-8-4-5-9-17(15)19(18)21/h1-9,13,16,18H,10-12H2/t16?,18-/m1/s1. The second kappa shape index (κ2) is 6.04. The third-order valence-corrected chi connectivity index (χ3v) is 4.41. The van der Waals surface area contributed by atoms with E-state index < -0.39 is 0 Å². The predicted molar refractivity (Wildman–Crippen MR) is 82.4 cm³/mol. The molecule has 2 atom stereocenters. The van der Waals surface area contributed by atoms with Crippen LogP contribution in [0.3, 0.4) is 0 Å². The molecule has 0 saturated heterocycles. The van der Waals surface area contributed by atoms with Crippen LogP contribution in [0, 0.1) is 5.92 Å². The van der Waals surface area contributed by atoms with E-state index >= 15 is 0 Å². The number of carbonyl (C=O) groups is 2. The molecule has 106 valence electrons. The Morgan fingerprint density at radius 3 is 2.52 bits per heavy atom. The monoisotopic (exact) mass is 278 g/mol. The molecule has 0 radical (unpaired) electrons. The molecule has 2 nitrogen and oxygen atoms in total. The zero-order valence-electron chi connectivity index (χ0n) is 11.9. The minimum Gasteiger partial charge on any atom is -0.303 e. The van der Waals surface area contributed by atoms with Crippen molar-refractivity contribution in [1.82, 2.24) is 0 Å². The maximum atomic E-state index is 12.8. The molecule has 3 rings (SSSR count). The highest BCUT2D eigenvalue weighted by Crippen LogP contribution is 2.37. The summed E-state index contributed by atoms with van der Waals surface area (Å²) in [4.78, 5) is 23.9. The zero-order chi connectivity index (χ0) is 14.7. The number of aldehydes is 1. The summed E-state index contributed by atoms with van der Waals surface area (Å²) in [5, 5.41) is 0. The van der Waals surface area contributed by atoms with Crippen LogP contribution in [0.5, 0.6) is 0 Å². The first-order chi connectivity index (χ1) is 10.3. The largest absolute Gasteiger partial charge is 0.303 e.